The number of hydrogen-bond donors (Lipinski definition) is 1. The fraction of sp³-hybridized carbons (Fsp3) is 0.263. The number of nitrogens with one attached hydrogen (secondary N) is 1. The summed E-state index contributed by atoms with van der Waals surface area (Å²) in [5.41, 5.74) is 2.30. The molecule has 0 aliphatic carbocycles. The molecule has 2 aromatic carbocycles. The summed E-state index contributed by atoms with van der Waals surface area (Å²) in [5.74, 6) is 2.48. The molecule has 1 aromatic heterocycles. The quantitative estimate of drug-likeness (QED) is 0.791. The lowest BCUT2D eigenvalue weighted by atomic mass is 9.93. The molecule has 2 heterocycles. The molecule has 6 heteroatoms. The molecule has 0 fully saturated rings. The number of benzene rings is 2. The van der Waals surface area contributed by atoms with Crippen LogP contribution in [0.1, 0.15) is 29.6 Å². The highest BCUT2D eigenvalue weighted by molar-refractivity contribution is 5.43. The Balaban J connectivity index is 1.72. The highest BCUT2D eigenvalue weighted by Gasteiger charge is 2.31. The average molecular weight is 336 g/mol. The Labute approximate surface area is 146 Å². The second-order valence-electron chi connectivity index (χ2n) is 5.99. The standard InChI is InChI=1S/C19H20N4O2/c1-24-14-9-7-13(8-10-14)16-11-17(23-19(22-16)20-12-21-23)15-5-3-4-6-18(15)25-2/h3-10,12,16-17H,11H2,1-2H3,(H,20,21,22). The third-order valence-corrected chi connectivity index (χ3v) is 4.65. The number of nitrogens with zero attached hydrogens (tertiary/aromatic N) is 3. The first-order valence-corrected chi connectivity index (χ1v) is 8.23. The van der Waals surface area contributed by atoms with E-state index in [1.165, 1.54) is 5.56 Å². The van der Waals surface area contributed by atoms with E-state index >= 15 is 0 Å². The van der Waals surface area contributed by atoms with Crippen LogP contribution in [0, 0.1) is 0 Å². The van der Waals surface area contributed by atoms with Crippen molar-refractivity contribution in [1.82, 2.24) is 14.8 Å². The van der Waals surface area contributed by atoms with Crippen LogP contribution in [0.2, 0.25) is 0 Å². The van der Waals surface area contributed by atoms with Crippen molar-refractivity contribution in [3.63, 3.8) is 0 Å². The number of hydrogen-bond acceptors (Lipinski definition) is 5. The summed E-state index contributed by atoms with van der Waals surface area (Å²) in [5, 5.41) is 7.89. The Bertz CT molecular complexity index is 860. The SMILES string of the molecule is COc1ccc(C2CC(c3ccccc3OC)n3ncnc3N2)cc1. The smallest absolute Gasteiger partial charge is 0.222 e. The van der Waals surface area contributed by atoms with E-state index in [-0.39, 0.29) is 12.1 Å². The Kier molecular flexibility index (Phi) is 4.01. The summed E-state index contributed by atoms with van der Waals surface area (Å²) < 4.78 is 12.7. The minimum Gasteiger partial charge on any atom is -0.497 e. The molecule has 2 unspecified atom stereocenters. The van der Waals surface area contributed by atoms with Crippen molar-refractivity contribution in [2.45, 2.75) is 18.5 Å². The molecular weight excluding hydrogens is 316 g/mol. The molecule has 4 rings (SSSR count). The molecule has 0 bridgehead atoms. The van der Waals surface area contributed by atoms with Gasteiger partial charge in [0.05, 0.1) is 26.3 Å². The highest BCUT2D eigenvalue weighted by atomic mass is 16.5. The number of aromatic nitrogens is 3. The molecule has 0 saturated heterocycles. The van der Waals surface area contributed by atoms with E-state index in [1.54, 1.807) is 20.5 Å². The number of rotatable bonds is 4. The summed E-state index contributed by atoms with van der Waals surface area (Å²) in [4.78, 5) is 4.37. The highest BCUT2D eigenvalue weighted by Crippen LogP contribution is 2.40. The third-order valence-electron chi connectivity index (χ3n) is 4.65. The van der Waals surface area contributed by atoms with E-state index in [4.69, 9.17) is 9.47 Å². The summed E-state index contributed by atoms with van der Waals surface area (Å²) in [6.07, 6.45) is 2.43. The van der Waals surface area contributed by atoms with Crippen molar-refractivity contribution in [2.24, 2.45) is 0 Å². The van der Waals surface area contributed by atoms with Gasteiger partial charge in [0.25, 0.3) is 0 Å². The lowest BCUT2D eigenvalue weighted by Gasteiger charge is -2.32. The number of ether oxygens (including phenoxy) is 2. The maximum atomic E-state index is 5.56. The Morgan fingerprint density at radius 2 is 1.84 bits per heavy atom. The van der Waals surface area contributed by atoms with Gasteiger partial charge < -0.3 is 14.8 Å². The first-order chi connectivity index (χ1) is 12.3. The van der Waals surface area contributed by atoms with Crippen LogP contribution in [0.3, 0.4) is 0 Å². The van der Waals surface area contributed by atoms with Crippen LogP contribution in [0.5, 0.6) is 11.5 Å². The van der Waals surface area contributed by atoms with Gasteiger partial charge in [0.2, 0.25) is 5.95 Å². The topological polar surface area (TPSA) is 61.2 Å². The largest absolute Gasteiger partial charge is 0.497 e. The lowest BCUT2D eigenvalue weighted by molar-refractivity contribution is 0.379. The molecule has 2 atom stereocenters. The van der Waals surface area contributed by atoms with Crippen molar-refractivity contribution in [3.05, 3.63) is 66.0 Å². The van der Waals surface area contributed by atoms with Gasteiger partial charge in [-0.25, -0.2) is 4.68 Å². The number of para-hydroxylation sites is 1. The maximum Gasteiger partial charge on any atom is 0.222 e. The van der Waals surface area contributed by atoms with E-state index < -0.39 is 0 Å². The molecule has 1 N–H and O–H groups in total. The summed E-state index contributed by atoms with van der Waals surface area (Å²) in [6, 6.07) is 16.4. The van der Waals surface area contributed by atoms with Gasteiger partial charge in [-0.15, -0.1) is 0 Å². The fourth-order valence-corrected chi connectivity index (χ4v) is 3.38. The zero-order valence-electron chi connectivity index (χ0n) is 14.2. The molecule has 3 aromatic rings. The van der Waals surface area contributed by atoms with E-state index in [2.05, 4.69) is 33.6 Å². The molecular formula is C19H20N4O2. The summed E-state index contributed by atoms with van der Waals surface area (Å²) in [6.45, 7) is 0. The maximum absolute atomic E-state index is 5.56. The molecule has 1 aliphatic rings. The van der Waals surface area contributed by atoms with Crippen LogP contribution in [0.4, 0.5) is 5.95 Å². The van der Waals surface area contributed by atoms with Crippen molar-refractivity contribution in [1.29, 1.82) is 0 Å². The molecule has 0 radical (unpaired) electrons. The van der Waals surface area contributed by atoms with Crippen molar-refractivity contribution < 1.29 is 9.47 Å². The Morgan fingerprint density at radius 3 is 2.60 bits per heavy atom. The van der Waals surface area contributed by atoms with Crippen molar-refractivity contribution in [2.75, 3.05) is 19.5 Å². The van der Waals surface area contributed by atoms with Gasteiger partial charge in [-0.2, -0.15) is 10.1 Å². The minimum absolute atomic E-state index is 0.0574. The predicted octanol–water partition coefficient (Wildman–Crippen LogP) is 3.44. The molecule has 25 heavy (non-hydrogen) atoms. The Morgan fingerprint density at radius 1 is 1.04 bits per heavy atom. The molecule has 1 aliphatic heterocycles. The minimum atomic E-state index is 0.0574. The number of methoxy groups -OCH3 is 2. The van der Waals surface area contributed by atoms with Gasteiger partial charge in [-0.3, -0.25) is 0 Å². The zero-order valence-corrected chi connectivity index (χ0v) is 14.2. The van der Waals surface area contributed by atoms with Gasteiger partial charge >= 0.3 is 0 Å². The van der Waals surface area contributed by atoms with Gasteiger partial charge in [-0.1, -0.05) is 30.3 Å². The lowest BCUT2D eigenvalue weighted by Crippen LogP contribution is -2.28. The van der Waals surface area contributed by atoms with Crippen molar-refractivity contribution >= 4 is 5.95 Å². The fourth-order valence-electron chi connectivity index (χ4n) is 3.38. The average Bonchev–Trinajstić information content (AvgIpc) is 3.16. The van der Waals surface area contributed by atoms with Crippen LogP contribution < -0.4 is 14.8 Å². The normalized spacial score (nSPS) is 19.0. The zero-order chi connectivity index (χ0) is 17.2. The van der Waals surface area contributed by atoms with Gasteiger partial charge in [0.15, 0.2) is 0 Å². The van der Waals surface area contributed by atoms with Crippen LogP contribution in [0.15, 0.2) is 54.9 Å². The van der Waals surface area contributed by atoms with E-state index in [9.17, 15) is 0 Å². The molecule has 128 valence electrons. The van der Waals surface area contributed by atoms with Gasteiger partial charge in [0, 0.05) is 5.56 Å². The monoisotopic (exact) mass is 336 g/mol. The first kappa shape index (κ1) is 15.5. The van der Waals surface area contributed by atoms with Crippen molar-refractivity contribution in [3.8, 4) is 11.5 Å². The predicted molar refractivity (Wildman–Crippen MR) is 95.1 cm³/mol. The second-order valence-corrected chi connectivity index (χ2v) is 5.99. The van der Waals surface area contributed by atoms with Gasteiger partial charge in [-0.05, 0) is 30.2 Å². The number of fused-ring (bicyclic) bond motifs is 1. The van der Waals surface area contributed by atoms with E-state index in [0.29, 0.717) is 0 Å². The second kappa shape index (κ2) is 6.47. The summed E-state index contributed by atoms with van der Waals surface area (Å²) in [7, 11) is 3.37. The molecule has 0 spiro atoms. The van der Waals surface area contributed by atoms with Crippen LogP contribution in [-0.4, -0.2) is 29.0 Å². The van der Waals surface area contributed by atoms with Gasteiger partial charge in [0.1, 0.15) is 17.8 Å². The van der Waals surface area contributed by atoms with Crippen LogP contribution in [0.25, 0.3) is 0 Å². The molecule has 6 nitrogen and oxygen atoms in total. The summed E-state index contributed by atoms with van der Waals surface area (Å²) >= 11 is 0. The van der Waals surface area contributed by atoms with Crippen LogP contribution in [-0.2, 0) is 0 Å². The molecule has 0 saturated carbocycles. The first-order valence-electron chi connectivity index (χ1n) is 8.23. The number of anilines is 1. The van der Waals surface area contributed by atoms with E-state index in [1.807, 2.05) is 35.0 Å². The molecule has 0 amide bonds. The third kappa shape index (κ3) is 2.80. The van der Waals surface area contributed by atoms with Crippen LogP contribution >= 0.6 is 0 Å². The Hall–Kier alpha value is -3.02. The van der Waals surface area contributed by atoms with E-state index in [0.717, 1.165) is 29.4 Å².